The first-order chi connectivity index (χ1) is 9.63. The lowest BCUT2D eigenvalue weighted by molar-refractivity contribution is 0.628. The molecule has 4 heteroatoms. The van der Waals surface area contributed by atoms with Gasteiger partial charge >= 0.3 is 0 Å². The summed E-state index contributed by atoms with van der Waals surface area (Å²) >= 11 is 1.42. The molecule has 0 amide bonds. The third kappa shape index (κ3) is 2.42. The van der Waals surface area contributed by atoms with E-state index >= 15 is 0 Å². The first-order valence-electron chi connectivity index (χ1n) is 6.23. The lowest BCUT2D eigenvalue weighted by Gasteiger charge is -2.03. The van der Waals surface area contributed by atoms with Crippen molar-refractivity contribution in [1.82, 2.24) is 4.98 Å². The Kier molecular flexibility index (Phi) is 3.24. The van der Waals surface area contributed by atoms with E-state index in [1.807, 2.05) is 25.1 Å². The van der Waals surface area contributed by atoms with Crippen LogP contribution in [0, 0.1) is 12.7 Å². The van der Waals surface area contributed by atoms with E-state index in [0.29, 0.717) is 5.13 Å². The molecule has 0 fully saturated rings. The Morgan fingerprint density at radius 1 is 1.05 bits per heavy atom. The zero-order chi connectivity index (χ0) is 14.1. The van der Waals surface area contributed by atoms with Crippen molar-refractivity contribution in [3.05, 3.63) is 59.9 Å². The highest BCUT2D eigenvalue weighted by atomic mass is 32.1. The fourth-order valence-electron chi connectivity index (χ4n) is 2.12. The molecule has 2 N–H and O–H groups in total. The summed E-state index contributed by atoms with van der Waals surface area (Å²) in [6, 6.07) is 14.5. The van der Waals surface area contributed by atoms with Crippen molar-refractivity contribution in [2.45, 2.75) is 6.92 Å². The Labute approximate surface area is 120 Å². The molecule has 3 rings (SSSR count). The van der Waals surface area contributed by atoms with Crippen LogP contribution in [-0.2, 0) is 0 Å². The van der Waals surface area contributed by atoms with E-state index in [0.717, 1.165) is 21.7 Å². The first-order valence-corrected chi connectivity index (χ1v) is 7.04. The summed E-state index contributed by atoms with van der Waals surface area (Å²) in [5.41, 5.74) is 9.82. The van der Waals surface area contributed by atoms with Crippen LogP contribution < -0.4 is 5.73 Å². The molecule has 0 aliphatic rings. The number of rotatable bonds is 2. The fraction of sp³-hybridized carbons (Fsp3) is 0.0625. The Balaban J connectivity index is 2.15. The predicted octanol–water partition coefficient (Wildman–Crippen LogP) is 4.51. The van der Waals surface area contributed by atoms with Gasteiger partial charge in [0, 0.05) is 5.56 Å². The van der Waals surface area contributed by atoms with Crippen molar-refractivity contribution in [2.75, 3.05) is 5.73 Å². The summed E-state index contributed by atoms with van der Waals surface area (Å²) < 4.78 is 13.0. The van der Waals surface area contributed by atoms with E-state index in [4.69, 9.17) is 5.73 Å². The van der Waals surface area contributed by atoms with Gasteiger partial charge in [0.1, 0.15) is 5.82 Å². The minimum Gasteiger partial charge on any atom is -0.375 e. The standard InChI is InChI=1S/C16H13FN2S/c1-10-3-2-4-12(9-10)14-15(20-16(18)19-14)11-5-7-13(17)8-6-11/h2-9H,1H3,(H2,18,19). The predicted molar refractivity (Wildman–Crippen MR) is 82.1 cm³/mol. The zero-order valence-corrected chi connectivity index (χ0v) is 11.7. The second kappa shape index (κ2) is 5.06. The number of benzene rings is 2. The van der Waals surface area contributed by atoms with E-state index in [1.165, 1.54) is 29.0 Å². The van der Waals surface area contributed by atoms with E-state index in [-0.39, 0.29) is 5.82 Å². The summed E-state index contributed by atoms with van der Waals surface area (Å²) in [7, 11) is 0. The Morgan fingerprint density at radius 2 is 1.80 bits per heavy atom. The second-order valence-corrected chi connectivity index (χ2v) is 5.64. The number of hydrogen-bond acceptors (Lipinski definition) is 3. The normalized spacial score (nSPS) is 10.7. The Bertz CT molecular complexity index is 747. The lowest BCUT2D eigenvalue weighted by atomic mass is 10.1. The summed E-state index contributed by atoms with van der Waals surface area (Å²) in [6.07, 6.45) is 0. The summed E-state index contributed by atoms with van der Waals surface area (Å²) in [6.45, 7) is 2.04. The van der Waals surface area contributed by atoms with Gasteiger partial charge in [-0.2, -0.15) is 0 Å². The molecule has 0 saturated carbocycles. The molecule has 0 unspecified atom stereocenters. The SMILES string of the molecule is Cc1cccc(-c2nc(N)sc2-c2ccc(F)cc2)c1. The quantitative estimate of drug-likeness (QED) is 0.752. The number of halogens is 1. The second-order valence-electron chi connectivity index (χ2n) is 4.61. The molecule has 3 aromatic rings. The van der Waals surface area contributed by atoms with Crippen LogP contribution in [0.15, 0.2) is 48.5 Å². The van der Waals surface area contributed by atoms with Crippen LogP contribution in [0.1, 0.15) is 5.56 Å². The Hall–Kier alpha value is -2.20. The number of anilines is 1. The minimum absolute atomic E-state index is 0.247. The third-order valence-corrected chi connectivity index (χ3v) is 3.98. The van der Waals surface area contributed by atoms with Crippen molar-refractivity contribution < 1.29 is 4.39 Å². The van der Waals surface area contributed by atoms with Crippen molar-refractivity contribution in [2.24, 2.45) is 0 Å². The highest BCUT2D eigenvalue weighted by molar-refractivity contribution is 7.19. The van der Waals surface area contributed by atoms with Gasteiger partial charge in [-0.05, 0) is 30.7 Å². The topological polar surface area (TPSA) is 38.9 Å². The highest BCUT2D eigenvalue weighted by Gasteiger charge is 2.13. The molecular weight excluding hydrogens is 271 g/mol. The molecule has 2 aromatic carbocycles. The number of aryl methyl sites for hydroxylation is 1. The van der Waals surface area contributed by atoms with Crippen LogP contribution in [0.5, 0.6) is 0 Å². The zero-order valence-electron chi connectivity index (χ0n) is 10.9. The van der Waals surface area contributed by atoms with Crippen LogP contribution in [0.3, 0.4) is 0 Å². The number of aromatic nitrogens is 1. The average molecular weight is 284 g/mol. The molecule has 0 atom stereocenters. The van der Waals surface area contributed by atoms with E-state index in [2.05, 4.69) is 11.1 Å². The molecule has 20 heavy (non-hydrogen) atoms. The van der Waals surface area contributed by atoms with Gasteiger partial charge < -0.3 is 5.73 Å². The summed E-state index contributed by atoms with van der Waals surface area (Å²) in [5, 5.41) is 0.515. The van der Waals surface area contributed by atoms with Gasteiger partial charge in [0.15, 0.2) is 5.13 Å². The van der Waals surface area contributed by atoms with E-state index in [9.17, 15) is 4.39 Å². The van der Waals surface area contributed by atoms with Crippen LogP contribution in [0.4, 0.5) is 9.52 Å². The van der Waals surface area contributed by atoms with Gasteiger partial charge in [-0.15, -0.1) is 0 Å². The molecule has 0 saturated heterocycles. The van der Waals surface area contributed by atoms with Gasteiger partial charge in [0.05, 0.1) is 10.6 Å². The smallest absolute Gasteiger partial charge is 0.181 e. The molecular formula is C16H13FN2S. The summed E-state index contributed by atoms with van der Waals surface area (Å²) in [4.78, 5) is 5.39. The molecule has 1 heterocycles. The van der Waals surface area contributed by atoms with Gasteiger partial charge in [0.25, 0.3) is 0 Å². The van der Waals surface area contributed by atoms with Gasteiger partial charge in [-0.3, -0.25) is 0 Å². The largest absolute Gasteiger partial charge is 0.375 e. The maximum atomic E-state index is 13.0. The van der Waals surface area contributed by atoms with Crippen molar-refractivity contribution in [3.63, 3.8) is 0 Å². The fourth-order valence-corrected chi connectivity index (χ4v) is 2.98. The molecule has 0 radical (unpaired) electrons. The average Bonchev–Trinajstić information content (AvgIpc) is 2.82. The summed E-state index contributed by atoms with van der Waals surface area (Å²) in [5.74, 6) is -0.247. The van der Waals surface area contributed by atoms with Crippen molar-refractivity contribution in [3.8, 4) is 21.7 Å². The number of thiazole rings is 1. The van der Waals surface area contributed by atoms with Gasteiger partial charge in [0.2, 0.25) is 0 Å². The molecule has 1 aromatic heterocycles. The third-order valence-electron chi connectivity index (χ3n) is 3.04. The molecule has 0 aliphatic carbocycles. The van der Waals surface area contributed by atoms with Crippen LogP contribution in [0.2, 0.25) is 0 Å². The van der Waals surface area contributed by atoms with Crippen LogP contribution in [0.25, 0.3) is 21.7 Å². The van der Waals surface area contributed by atoms with Crippen LogP contribution >= 0.6 is 11.3 Å². The maximum Gasteiger partial charge on any atom is 0.181 e. The molecule has 2 nitrogen and oxygen atoms in total. The maximum absolute atomic E-state index is 13.0. The van der Waals surface area contributed by atoms with E-state index < -0.39 is 0 Å². The monoisotopic (exact) mass is 284 g/mol. The van der Waals surface area contributed by atoms with Crippen LogP contribution in [-0.4, -0.2) is 4.98 Å². The highest BCUT2D eigenvalue weighted by Crippen LogP contribution is 2.38. The van der Waals surface area contributed by atoms with Gasteiger partial charge in [-0.25, -0.2) is 9.37 Å². The number of hydrogen-bond donors (Lipinski definition) is 1. The van der Waals surface area contributed by atoms with Gasteiger partial charge in [-0.1, -0.05) is 47.2 Å². The number of nitrogens with zero attached hydrogens (tertiary/aromatic N) is 1. The first kappa shape index (κ1) is 12.8. The molecule has 100 valence electrons. The lowest BCUT2D eigenvalue weighted by Crippen LogP contribution is -1.85. The van der Waals surface area contributed by atoms with Crippen molar-refractivity contribution in [1.29, 1.82) is 0 Å². The Morgan fingerprint density at radius 3 is 2.50 bits per heavy atom. The minimum atomic E-state index is -0.247. The molecule has 0 bridgehead atoms. The molecule has 0 spiro atoms. The van der Waals surface area contributed by atoms with Crippen molar-refractivity contribution >= 4 is 16.5 Å². The molecule has 0 aliphatic heterocycles. The number of nitrogen functional groups attached to an aromatic ring is 1. The van der Waals surface area contributed by atoms with E-state index in [1.54, 1.807) is 12.1 Å². The number of nitrogens with two attached hydrogens (primary N) is 1.